The van der Waals surface area contributed by atoms with Gasteiger partial charge in [0.25, 0.3) is 0 Å². The summed E-state index contributed by atoms with van der Waals surface area (Å²) in [6, 6.07) is 10.2. The maximum absolute atomic E-state index is 14.0. The first-order valence-corrected chi connectivity index (χ1v) is 5.40. The van der Waals surface area contributed by atoms with E-state index in [-0.39, 0.29) is 5.56 Å². The number of rotatable bonds is 3. The summed E-state index contributed by atoms with van der Waals surface area (Å²) in [5.41, 5.74) is -0.402. The summed E-state index contributed by atoms with van der Waals surface area (Å²) >= 11 is 0. The second-order valence-electron chi connectivity index (χ2n) is 4.28. The van der Waals surface area contributed by atoms with Crippen LogP contribution in [0.3, 0.4) is 0 Å². The Morgan fingerprint density at radius 1 is 0.722 bits per heavy atom. The van der Waals surface area contributed by atoms with Crippen LogP contribution >= 0.6 is 0 Å². The third-order valence-electron chi connectivity index (χ3n) is 3.12. The van der Waals surface area contributed by atoms with Gasteiger partial charge in [0.2, 0.25) is 0 Å². The van der Waals surface area contributed by atoms with Crippen molar-refractivity contribution in [3.05, 3.63) is 59.7 Å². The fourth-order valence-electron chi connectivity index (χ4n) is 2.03. The molecule has 0 fully saturated rings. The highest BCUT2D eigenvalue weighted by Crippen LogP contribution is 2.55. The highest BCUT2D eigenvalue weighted by molar-refractivity contribution is 5.85. The molecule has 0 atom stereocenters. The molecular weight excluding hydrogens is 244 g/mol. The van der Waals surface area contributed by atoms with Gasteiger partial charge in [-0.3, -0.25) is 0 Å². The average molecular weight is 252 g/mol. The SMILES string of the molecule is FC(F)(c1ccccc1)C(F)(F)c1ccc2cc1-2. The Labute approximate surface area is 101 Å². The van der Waals surface area contributed by atoms with Crippen molar-refractivity contribution in [1.29, 1.82) is 0 Å². The minimum absolute atomic E-state index is 0.246. The van der Waals surface area contributed by atoms with Crippen LogP contribution < -0.4 is 0 Å². The van der Waals surface area contributed by atoms with Gasteiger partial charge in [-0.1, -0.05) is 42.5 Å². The lowest BCUT2D eigenvalue weighted by Gasteiger charge is -2.26. The molecule has 0 aromatic heterocycles. The second kappa shape index (κ2) is 3.34. The molecule has 92 valence electrons. The molecule has 4 heteroatoms. The van der Waals surface area contributed by atoms with Crippen molar-refractivity contribution in [2.24, 2.45) is 0 Å². The van der Waals surface area contributed by atoms with E-state index in [0.29, 0.717) is 5.56 Å². The maximum Gasteiger partial charge on any atom is 0.340 e. The van der Waals surface area contributed by atoms with Crippen molar-refractivity contribution >= 4 is 0 Å². The van der Waals surface area contributed by atoms with Gasteiger partial charge < -0.3 is 0 Å². The molecule has 0 bridgehead atoms. The number of hydrogen-bond acceptors (Lipinski definition) is 0. The van der Waals surface area contributed by atoms with Crippen LogP contribution in [-0.2, 0) is 11.8 Å². The number of benzene rings is 2. The van der Waals surface area contributed by atoms with E-state index in [4.69, 9.17) is 0 Å². The molecule has 18 heavy (non-hydrogen) atoms. The normalized spacial score (nSPS) is 13.6. The van der Waals surface area contributed by atoms with Crippen molar-refractivity contribution in [2.75, 3.05) is 0 Å². The van der Waals surface area contributed by atoms with Crippen LogP contribution in [0.25, 0.3) is 11.1 Å². The van der Waals surface area contributed by atoms with E-state index >= 15 is 0 Å². The number of hydrogen-bond donors (Lipinski definition) is 0. The zero-order chi connectivity index (χ0) is 13.0. The molecular formula is C14H8F4. The Kier molecular flexibility index (Phi) is 2.09. The van der Waals surface area contributed by atoms with E-state index in [0.717, 1.165) is 18.2 Å². The molecule has 0 saturated carbocycles. The summed E-state index contributed by atoms with van der Waals surface area (Å²) in [6.07, 6.45) is 0. The first-order chi connectivity index (χ1) is 8.44. The van der Waals surface area contributed by atoms with Gasteiger partial charge in [0.05, 0.1) is 0 Å². The Balaban J connectivity index is 2.06. The van der Waals surface area contributed by atoms with Crippen molar-refractivity contribution in [3.63, 3.8) is 0 Å². The molecule has 0 unspecified atom stereocenters. The fraction of sp³-hybridized carbons (Fsp3) is 0.143. The molecule has 2 aliphatic rings. The van der Waals surface area contributed by atoms with Crippen LogP contribution in [0, 0.1) is 0 Å². The number of fused-ring (bicyclic) bond motifs is 1. The van der Waals surface area contributed by atoms with Gasteiger partial charge in [0.15, 0.2) is 0 Å². The molecule has 0 N–H and O–H groups in total. The van der Waals surface area contributed by atoms with Crippen LogP contribution in [0.4, 0.5) is 17.6 Å². The lowest BCUT2D eigenvalue weighted by molar-refractivity contribution is -0.223. The van der Waals surface area contributed by atoms with Crippen molar-refractivity contribution < 1.29 is 17.6 Å². The van der Waals surface area contributed by atoms with Crippen LogP contribution in [0.2, 0.25) is 0 Å². The first-order valence-electron chi connectivity index (χ1n) is 5.40. The van der Waals surface area contributed by atoms with Gasteiger partial charge in [-0.15, -0.1) is 0 Å². The average Bonchev–Trinajstić information content (AvgIpc) is 3.00. The van der Waals surface area contributed by atoms with Gasteiger partial charge >= 0.3 is 11.8 Å². The molecule has 3 rings (SSSR count). The largest absolute Gasteiger partial charge is 0.340 e. The monoisotopic (exact) mass is 252 g/mol. The molecule has 0 aliphatic heterocycles. The first kappa shape index (κ1) is 11.3. The molecule has 0 saturated heterocycles. The molecule has 0 nitrogen and oxygen atoms in total. The Hall–Kier alpha value is -1.84. The fourth-order valence-corrected chi connectivity index (χ4v) is 2.03. The zero-order valence-electron chi connectivity index (χ0n) is 9.13. The molecule has 1 aromatic carbocycles. The van der Waals surface area contributed by atoms with E-state index in [1.165, 1.54) is 30.3 Å². The van der Waals surface area contributed by atoms with Crippen molar-refractivity contribution in [3.8, 4) is 11.1 Å². The minimum Gasteiger partial charge on any atom is -0.194 e. The Morgan fingerprint density at radius 3 is 1.89 bits per heavy atom. The van der Waals surface area contributed by atoms with E-state index in [1.54, 1.807) is 0 Å². The highest BCUT2D eigenvalue weighted by Gasteiger charge is 2.60. The van der Waals surface area contributed by atoms with Crippen LogP contribution in [0.15, 0.2) is 48.5 Å². The standard InChI is InChI=1S/C14H8F4/c15-13(16,10-4-2-1-3-5-10)14(17,18)12-7-6-9-8-11(9)12/h1-8H. The van der Waals surface area contributed by atoms with E-state index in [2.05, 4.69) is 0 Å². The van der Waals surface area contributed by atoms with Gasteiger partial charge in [0.1, 0.15) is 0 Å². The third kappa shape index (κ3) is 1.38. The predicted molar refractivity (Wildman–Crippen MR) is 59.7 cm³/mol. The van der Waals surface area contributed by atoms with E-state index in [1.807, 2.05) is 0 Å². The molecule has 0 spiro atoms. The minimum atomic E-state index is -4.22. The van der Waals surface area contributed by atoms with Crippen LogP contribution in [-0.4, -0.2) is 0 Å². The molecule has 0 heterocycles. The van der Waals surface area contributed by atoms with Gasteiger partial charge in [-0.05, 0) is 17.2 Å². The van der Waals surface area contributed by atoms with Gasteiger partial charge in [-0.25, -0.2) is 0 Å². The summed E-state index contributed by atoms with van der Waals surface area (Å²) in [7, 11) is 0. The zero-order valence-corrected chi connectivity index (χ0v) is 9.13. The summed E-state index contributed by atoms with van der Waals surface area (Å²) in [5, 5.41) is 0. The molecule has 0 amide bonds. The predicted octanol–water partition coefficient (Wildman–Crippen LogP) is 4.55. The van der Waals surface area contributed by atoms with Crippen molar-refractivity contribution in [2.45, 2.75) is 11.8 Å². The van der Waals surface area contributed by atoms with Gasteiger partial charge in [0, 0.05) is 11.1 Å². The lowest BCUT2D eigenvalue weighted by Crippen LogP contribution is -2.35. The lowest BCUT2D eigenvalue weighted by atomic mass is 9.97. The van der Waals surface area contributed by atoms with E-state index in [9.17, 15) is 17.6 Å². The van der Waals surface area contributed by atoms with E-state index < -0.39 is 23.0 Å². The summed E-state index contributed by atoms with van der Waals surface area (Å²) in [4.78, 5) is 0. The highest BCUT2D eigenvalue weighted by atomic mass is 19.3. The number of halogens is 4. The Morgan fingerprint density at radius 2 is 1.39 bits per heavy atom. The van der Waals surface area contributed by atoms with Gasteiger partial charge in [-0.2, -0.15) is 17.6 Å². The summed E-state index contributed by atoms with van der Waals surface area (Å²) in [6.45, 7) is 0. The second-order valence-corrected chi connectivity index (χ2v) is 4.28. The van der Waals surface area contributed by atoms with Crippen LogP contribution in [0.5, 0.6) is 0 Å². The van der Waals surface area contributed by atoms with Crippen molar-refractivity contribution in [1.82, 2.24) is 0 Å². The third-order valence-corrected chi connectivity index (χ3v) is 3.12. The summed E-state index contributed by atoms with van der Waals surface area (Å²) in [5.74, 6) is -8.41. The number of alkyl halides is 4. The molecule has 0 radical (unpaired) electrons. The smallest absolute Gasteiger partial charge is 0.194 e. The Bertz CT molecular complexity index is 602. The topological polar surface area (TPSA) is 0 Å². The molecule has 2 aliphatic carbocycles. The summed E-state index contributed by atoms with van der Waals surface area (Å²) < 4.78 is 55.8. The van der Waals surface area contributed by atoms with Crippen LogP contribution in [0.1, 0.15) is 11.1 Å². The maximum atomic E-state index is 14.0. The quantitative estimate of drug-likeness (QED) is 0.600. The molecule has 1 aromatic rings.